The Bertz CT molecular complexity index is 657. The first-order valence-electron chi connectivity index (χ1n) is 6.40. The number of thiazole rings is 1. The second-order valence-electron chi connectivity index (χ2n) is 4.53. The van der Waals surface area contributed by atoms with Crippen molar-refractivity contribution in [1.29, 1.82) is 0 Å². The number of amides is 1. The summed E-state index contributed by atoms with van der Waals surface area (Å²) in [6.45, 7) is 2.87. The zero-order valence-corrected chi connectivity index (χ0v) is 12.8. The third-order valence-electron chi connectivity index (χ3n) is 2.79. The molecule has 1 amide bonds. The molecule has 2 rings (SSSR count). The smallest absolute Gasteiger partial charge is 0.253 e. The molecule has 2 heterocycles. The molecule has 0 aliphatic carbocycles. The predicted molar refractivity (Wildman–Crippen MR) is 84.4 cm³/mol. The highest BCUT2D eigenvalue weighted by Gasteiger charge is 2.09. The number of nitrogens with one attached hydrogen (secondary N) is 1. The molecule has 1 N–H and O–H groups in total. The minimum atomic E-state index is -0.217. The number of carbonyl (C=O) groups is 1. The molecule has 0 aromatic carbocycles. The Morgan fingerprint density at radius 2 is 2.33 bits per heavy atom. The van der Waals surface area contributed by atoms with Crippen molar-refractivity contribution < 1.29 is 4.79 Å². The average molecular weight is 300 g/mol. The molecule has 21 heavy (non-hydrogen) atoms. The van der Waals surface area contributed by atoms with E-state index < -0.39 is 0 Å². The van der Waals surface area contributed by atoms with Gasteiger partial charge in [-0.25, -0.2) is 9.97 Å². The van der Waals surface area contributed by atoms with Crippen molar-refractivity contribution in [2.24, 2.45) is 0 Å². The van der Waals surface area contributed by atoms with E-state index in [0.29, 0.717) is 12.1 Å². The van der Waals surface area contributed by atoms with Crippen molar-refractivity contribution in [2.75, 3.05) is 18.5 Å². The van der Waals surface area contributed by atoms with Crippen LogP contribution in [-0.2, 0) is 6.54 Å². The van der Waals surface area contributed by atoms with Crippen molar-refractivity contribution in [3.8, 4) is 12.3 Å². The molecule has 2 aromatic heterocycles. The van der Waals surface area contributed by atoms with Gasteiger partial charge in [-0.15, -0.1) is 17.8 Å². The Labute approximate surface area is 128 Å². The van der Waals surface area contributed by atoms with Gasteiger partial charge in [0.1, 0.15) is 10.8 Å². The van der Waals surface area contributed by atoms with Gasteiger partial charge >= 0.3 is 0 Å². The molecule has 2 aromatic rings. The van der Waals surface area contributed by atoms with Crippen LogP contribution in [0.15, 0.2) is 23.7 Å². The zero-order valence-electron chi connectivity index (χ0n) is 12.0. The summed E-state index contributed by atoms with van der Waals surface area (Å²) in [4.78, 5) is 22.4. The van der Waals surface area contributed by atoms with Crippen molar-refractivity contribution in [2.45, 2.75) is 13.5 Å². The molecule has 0 radical (unpaired) electrons. The topological polar surface area (TPSA) is 58.1 Å². The maximum absolute atomic E-state index is 11.7. The number of hydrogen-bond acceptors (Lipinski definition) is 5. The van der Waals surface area contributed by atoms with Gasteiger partial charge in [-0.05, 0) is 19.1 Å². The van der Waals surface area contributed by atoms with Crippen LogP contribution in [0.1, 0.15) is 21.1 Å². The van der Waals surface area contributed by atoms with Crippen LogP contribution in [0.25, 0.3) is 0 Å². The Balaban J connectivity index is 2.01. The maximum Gasteiger partial charge on any atom is 0.253 e. The SMILES string of the molecule is C#CCNC(=O)c1ccc(N(C)Cc2nc(C)cs2)nc1. The highest BCUT2D eigenvalue weighted by Crippen LogP contribution is 2.16. The number of rotatable bonds is 5. The lowest BCUT2D eigenvalue weighted by Gasteiger charge is -2.16. The second-order valence-corrected chi connectivity index (χ2v) is 5.47. The lowest BCUT2D eigenvalue weighted by atomic mass is 10.2. The minimum absolute atomic E-state index is 0.212. The molecule has 108 valence electrons. The molecule has 0 saturated heterocycles. The summed E-state index contributed by atoms with van der Waals surface area (Å²) in [5, 5.41) is 5.66. The summed E-state index contributed by atoms with van der Waals surface area (Å²) >= 11 is 1.63. The van der Waals surface area contributed by atoms with Crippen LogP contribution >= 0.6 is 11.3 Å². The number of terminal acetylenes is 1. The van der Waals surface area contributed by atoms with Crippen LogP contribution in [-0.4, -0.2) is 29.5 Å². The number of pyridine rings is 1. The van der Waals surface area contributed by atoms with E-state index in [2.05, 4.69) is 21.2 Å². The molecule has 0 bridgehead atoms. The average Bonchev–Trinajstić information content (AvgIpc) is 2.90. The fraction of sp³-hybridized carbons (Fsp3) is 0.267. The predicted octanol–water partition coefficient (Wildman–Crippen LogP) is 1.85. The lowest BCUT2D eigenvalue weighted by molar-refractivity contribution is 0.0958. The molecule has 0 aliphatic heterocycles. The summed E-state index contributed by atoms with van der Waals surface area (Å²) in [5.41, 5.74) is 1.52. The number of nitrogens with zero attached hydrogens (tertiary/aromatic N) is 3. The zero-order chi connectivity index (χ0) is 15.2. The number of aromatic nitrogens is 2. The monoisotopic (exact) mass is 300 g/mol. The van der Waals surface area contributed by atoms with Crippen molar-refractivity contribution in [1.82, 2.24) is 15.3 Å². The van der Waals surface area contributed by atoms with Crippen molar-refractivity contribution >= 4 is 23.1 Å². The molecule has 0 atom stereocenters. The Hall–Kier alpha value is -2.39. The van der Waals surface area contributed by atoms with E-state index in [1.54, 1.807) is 23.6 Å². The van der Waals surface area contributed by atoms with E-state index in [1.807, 2.05) is 30.3 Å². The summed E-state index contributed by atoms with van der Waals surface area (Å²) in [6.07, 6.45) is 6.65. The number of hydrogen-bond donors (Lipinski definition) is 1. The van der Waals surface area contributed by atoms with Gasteiger partial charge in [-0.2, -0.15) is 0 Å². The molecular weight excluding hydrogens is 284 g/mol. The molecule has 0 fully saturated rings. The maximum atomic E-state index is 11.7. The Kier molecular flexibility index (Phi) is 4.90. The summed E-state index contributed by atoms with van der Waals surface area (Å²) in [7, 11) is 1.94. The standard InChI is InChI=1S/C15H16N4OS/c1-4-7-16-15(20)12-5-6-13(17-8-12)19(3)9-14-18-11(2)10-21-14/h1,5-6,8,10H,7,9H2,2-3H3,(H,16,20). The van der Waals surface area contributed by atoms with Gasteiger partial charge in [-0.1, -0.05) is 5.92 Å². The van der Waals surface area contributed by atoms with Crippen molar-refractivity contribution in [3.05, 3.63) is 40.0 Å². The van der Waals surface area contributed by atoms with Gasteiger partial charge in [-0.3, -0.25) is 4.79 Å². The van der Waals surface area contributed by atoms with E-state index in [1.165, 1.54) is 0 Å². The summed E-state index contributed by atoms with van der Waals surface area (Å²) < 4.78 is 0. The van der Waals surface area contributed by atoms with Crippen LogP contribution in [0, 0.1) is 19.3 Å². The minimum Gasteiger partial charge on any atom is -0.353 e. The molecule has 5 nitrogen and oxygen atoms in total. The quantitative estimate of drug-likeness (QED) is 0.856. The Morgan fingerprint density at radius 1 is 1.52 bits per heavy atom. The second kappa shape index (κ2) is 6.86. The fourth-order valence-electron chi connectivity index (χ4n) is 1.74. The van der Waals surface area contributed by atoms with Gasteiger partial charge < -0.3 is 10.2 Å². The van der Waals surface area contributed by atoms with Crippen LogP contribution in [0.5, 0.6) is 0 Å². The number of aryl methyl sites for hydroxylation is 1. The molecule has 6 heteroatoms. The normalized spacial score (nSPS) is 9.95. The van der Waals surface area contributed by atoms with Crippen LogP contribution in [0.3, 0.4) is 0 Å². The Morgan fingerprint density at radius 3 is 2.90 bits per heavy atom. The van der Waals surface area contributed by atoms with Crippen LogP contribution in [0.2, 0.25) is 0 Å². The summed E-state index contributed by atoms with van der Waals surface area (Å²) in [6, 6.07) is 3.54. The van der Waals surface area contributed by atoms with E-state index in [-0.39, 0.29) is 12.5 Å². The fourth-order valence-corrected chi connectivity index (χ4v) is 2.56. The van der Waals surface area contributed by atoms with E-state index in [9.17, 15) is 4.79 Å². The molecule has 0 aliphatic rings. The molecular formula is C15H16N4OS. The van der Waals surface area contributed by atoms with Crippen LogP contribution in [0.4, 0.5) is 5.82 Å². The van der Waals surface area contributed by atoms with Gasteiger partial charge in [0, 0.05) is 24.3 Å². The van der Waals surface area contributed by atoms with E-state index in [4.69, 9.17) is 6.42 Å². The van der Waals surface area contributed by atoms with Crippen molar-refractivity contribution in [3.63, 3.8) is 0 Å². The van der Waals surface area contributed by atoms with Crippen LogP contribution < -0.4 is 10.2 Å². The van der Waals surface area contributed by atoms with Gasteiger partial charge in [0.05, 0.1) is 18.7 Å². The largest absolute Gasteiger partial charge is 0.353 e. The molecule has 0 spiro atoms. The van der Waals surface area contributed by atoms with E-state index in [0.717, 1.165) is 16.5 Å². The van der Waals surface area contributed by atoms with Gasteiger partial charge in [0.2, 0.25) is 0 Å². The molecule has 0 saturated carbocycles. The number of carbonyl (C=O) groups excluding carboxylic acids is 1. The lowest BCUT2D eigenvalue weighted by Crippen LogP contribution is -2.24. The highest BCUT2D eigenvalue weighted by molar-refractivity contribution is 7.09. The first-order chi connectivity index (χ1) is 10.1. The van der Waals surface area contributed by atoms with Gasteiger partial charge in [0.25, 0.3) is 5.91 Å². The molecule has 0 unspecified atom stereocenters. The van der Waals surface area contributed by atoms with Gasteiger partial charge in [0.15, 0.2) is 0 Å². The highest BCUT2D eigenvalue weighted by atomic mass is 32.1. The van der Waals surface area contributed by atoms with E-state index >= 15 is 0 Å². The third kappa shape index (κ3) is 4.04. The third-order valence-corrected chi connectivity index (χ3v) is 3.74. The first kappa shape index (κ1) is 15.0. The summed E-state index contributed by atoms with van der Waals surface area (Å²) in [5.74, 6) is 2.93. The first-order valence-corrected chi connectivity index (χ1v) is 7.28. The number of anilines is 1.